The van der Waals surface area contributed by atoms with Crippen molar-refractivity contribution in [1.82, 2.24) is 0 Å². The van der Waals surface area contributed by atoms with E-state index < -0.39 is 0 Å². The predicted molar refractivity (Wildman–Crippen MR) is 194 cm³/mol. The van der Waals surface area contributed by atoms with Gasteiger partial charge in [-0.3, -0.25) is 0 Å². The third-order valence-corrected chi connectivity index (χ3v) is 5.22. The van der Waals surface area contributed by atoms with E-state index in [-0.39, 0.29) is 44.6 Å². The molecule has 4 rings (SSSR count). The molecule has 0 N–H and O–H groups in total. The van der Waals surface area contributed by atoms with Gasteiger partial charge in [-0.2, -0.15) is 0 Å². The lowest BCUT2D eigenvalue weighted by Crippen LogP contribution is -1.81. The maximum absolute atomic E-state index is 2.21. The van der Waals surface area contributed by atoms with E-state index in [1.807, 2.05) is 6.07 Å². The normalized spacial score (nSPS) is 7.97. The van der Waals surface area contributed by atoms with Gasteiger partial charge in [0.1, 0.15) is 0 Å². The monoisotopic (exact) mass is 549 g/mol. The van der Waals surface area contributed by atoms with Crippen LogP contribution in [0.3, 0.4) is 0 Å². The van der Waals surface area contributed by atoms with Crippen molar-refractivity contribution in [3.8, 4) is 11.1 Å². The molecular formula is C40H68. The van der Waals surface area contributed by atoms with Crippen LogP contribution in [0, 0.1) is 20.8 Å². The van der Waals surface area contributed by atoms with Crippen molar-refractivity contribution in [1.29, 1.82) is 0 Å². The molecule has 40 heavy (non-hydrogen) atoms. The van der Waals surface area contributed by atoms with Crippen LogP contribution in [0.25, 0.3) is 11.1 Å². The summed E-state index contributed by atoms with van der Waals surface area (Å²) in [6.45, 7) is 14.9. The molecule has 0 aliphatic rings. The average Bonchev–Trinajstić information content (AvgIpc) is 2.88. The van der Waals surface area contributed by atoms with E-state index >= 15 is 0 Å². The van der Waals surface area contributed by atoms with Crippen molar-refractivity contribution in [2.75, 3.05) is 0 Å². The lowest BCUT2D eigenvalue weighted by atomic mass is 10.0. The Morgan fingerprint density at radius 3 is 0.875 bits per heavy atom. The third-order valence-electron chi connectivity index (χ3n) is 5.22. The molecule has 0 aromatic heterocycles. The van der Waals surface area contributed by atoms with Gasteiger partial charge in [0, 0.05) is 0 Å². The van der Waals surface area contributed by atoms with Crippen LogP contribution in [0.15, 0.2) is 103 Å². The fourth-order valence-electron chi connectivity index (χ4n) is 3.02. The van der Waals surface area contributed by atoms with Crippen molar-refractivity contribution in [2.24, 2.45) is 0 Å². The van der Waals surface area contributed by atoms with Gasteiger partial charge in [-0.25, -0.2) is 0 Å². The predicted octanol–water partition coefficient (Wildman–Crippen LogP) is 14.0. The second kappa shape index (κ2) is 30.4. The maximum Gasteiger partial charge on any atom is -0.0184 e. The summed E-state index contributed by atoms with van der Waals surface area (Å²) in [5, 5.41) is 0. The van der Waals surface area contributed by atoms with Crippen molar-refractivity contribution >= 4 is 0 Å². The van der Waals surface area contributed by atoms with Gasteiger partial charge in [0.05, 0.1) is 0 Å². The highest BCUT2D eigenvalue weighted by Gasteiger charge is 1.94. The van der Waals surface area contributed by atoms with E-state index in [2.05, 4.69) is 146 Å². The lowest BCUT2D eigenvalue weighted by Gasteiger charge is -2.00. The molecule has 0 amide bonds. The van der Waals surface area contributed by atoms with E-state index in [0.717, 1.165) is 12.8 Å². The van der Waals surface area contributed by atoms with Crippen LogP contribution in [-0.4, -0.2) is 0 Å². The zero-order valence-electron chi connectivity index (χ0n) is 22.4. The summed E-state index contributed by atoms with van der Waals surface area (Å²) >= 11 is 0. The van der Waals surface area contributed by atoms with Gasteiger partial charge in [-0.05, 0) is 55.9 Å². The fraction of sp³-hybridized carbons (Fsp3) is 0.400. The second-order valence-corrected chi connectivity index (χ2v) is 8.62. The summed E-state index contributed by atoms with van der Waals surface area (Å²) in [6.07, 6.45) is 3.54. The van der Waals surface area contributed by atoms with Crippen LogP contribution in [0.4, 0.5) is 0 Å². The minimum absolute atomic E-state index is 0. The smallest absolute Gasteiger partial charge is 0.0184 e. The van der Waals surface area contributed by atoms with E-state index in [9.17, 15) is 0 Å². The zero-order valence-corrected chi connectivity index (χ0v) is 22.4. The minimum Gasteiger partial charge on any atom is -0.0776 e. The topological polar surface area (TPSA) is 0 Å². The van der Waals surface area contributed by atoms with Crippen LogP contribution in [0.1, 0.15) is 106 Å². The molecule has 0 saturated heterocycles. The summed E-state index contributed by atoms with van der Waals surface area (Å²) in [4.78, 5) is 0. The molecule has 0 spiro atoms. The first-order chi connectivity index (χ1) is 16.4. The molecule has 4 aromatic rings. The number of benzene rings is 4. The van der Waals surface area contributed by atoms with Crippen molar-refractivity contribution < 1.29 is 0 Å². The van der Waals surface area contributed by atoms with Gasteiger partial charge in [0.25, 0.3) is 0 Å². The highest BCUT2D eigenvalue weighted by atomic mass is 14.0. The van der Waals surface area contributed by atoms with Gasteiger partial charge >= 0.3 is 0 Å². The molecule has 0 fully saturated rings. The molecule has 0 bridgehead atoms. The largest absolute Gasteiger partial charge is 0.0776 e. The Bertz CT molecular complexity index is 948. The van der Waals surface area contributed by atoms with Gasteiger partial charge in [0.15, 0.2) is 0 Å². The summed E-state index contributed by atoms with van der Waals surface area (Å²) in [5.41, 5.74) is 9.38. The first-order valence-electron chi connectivity index (χ1n) is 12.7. The standard InChI is InChI=1S/C13H12.C10H14.C8H10.C3H8.6CH4/c1-11-7-9-13(10-8-11)12-5-3-2-4-6-12;1-3-9-5-7-10(4-2)8-6-9;1-7-3-5-8(2)6-4-7;1-3-2;;;;;;/h2-10H,1H3;5-8H,3-4H2,1-2H3;3-6H,1-2H3;3H2,1-2H3;6*1H4. The Balaban J connectivity index is -0.0000000983. The molecule has 4 aromatic carbocycles. The molecule has 0 saturated carbocycles. The van der Waals surface area contributed by atoms with E-state index in [1.165, 1.54) is 45.4 Å². The SMILES string of the molecule is C.C.C.C.C.C.CCC.CCc1ccc(CC)cc1.Cc1ccc(-c2ccccc2)cc1.Cc1ccc(C)cc1. The highest BCUT2D eigenvalue weighted by molar-refractivity contribution is 5.63. The summed E-state index contributed by atoms with van der Waals surface area (Å²) in [5.74, 6) is 0. The Hall–Kier alpha value is -3.12. The number of hydrogen-bond donors (Lipinski definition) is 0. The number of rotatable bonds is 3. The number of hydrogen-bond acceptors (Lipinski definition) is 0. The van der Waals surface area contributed by atoms with Crippen LogP contribution < -0.4 is 0 Å². The van der Waals surface area contributed by atoms with E-state index in [0.29, 0.717) is 0 Å². The molecule has 0 atom stereocenters. The summed E-state index contributed by atoms with van der Waals surface area (Å²) < 4.78 is 0. The van der Waals surface area contributed by atoms with Crippen molar-refractivity contribution in [2.45, 2.75) is 112 Å². The first kappa shape index (κ1) is 49.8. The van der Waals surface area contributed by atoms with Crippen LogP contribution in [0.5, 0.6) is 0 Å². The van der Waals surface area contributed by atoms with Crippen molar-refractivity contribution in [3.63, 3.8) is 0 Å². The van der Waals surface area contributed by atoms with Gasteiger partial charge in [-0.1, -0.05) is 198 Å². The number of aryl methyl sites for hydroxylation is 5. The molecular weight excluding hydrogens is 480 g/mol. The molecule has 0 nitrogen and oxygen atoms in total. The third kappa shape index (κ3) is 21.8. The molecule has 0 heterocycles. The molecule has 0 heteroatoms. The summed E-state index contributed by atoms with van der Waals surface area (Å²) in [6, 6.07) is 36.3. The molecule has 0 radical (unpaired) electrons. The summed E-state index contributed by atoms with van der Waals surface area (Å²) in [7, 11) is 0. The molecule has 0 aliphatic carbocycles. The average molecular weight is 549 g/mol. The minimum atomic E-state index is 0. The van der Waals surface area contributed by atoms with Gasteiger partial charge in [-0.15, -0.1) is 0 Å². The zero-order chi connectivity index (χ0) is 25.2. The van der Waals surface area contributed by atoms with Crippen LogP contribution in [0.2, 0.25) is 0 Å². The Kier molecular flexibility index (Phi) is 37.9. The quantitative estimate of drug-likeness (QED) is 0.239. The Morgan fingerprint density at radius 1 is 0.350 bits per heavy atom. The van der Waals surface area contributed by atoms with E-state index in [4.69, 9.17) is 0 Å². The Morgan fingerprint density at radius 2 is 0.600 bits per heavy atom. The highest BCUT2D eigenvalue weighted by Crippen LogP contribution is 2.18. The first-order valence-corrected chi connectivity index (χ1v) is 12.7. The second-order valence-electron chi connectivity index (χ2n) is 8.62. The lowest BCUT2D eigenvalue weighted by molar-refractivity contribution is 1.09. The molecule has 0 unspecified atom stereocenters. The molecule has 228 valence electrons. The van der Waals surface area contributed by atoms with E-state index in [1.54, 1.807) is 0 Å². The van der Waals surface area contributed by atoms with Gasteiger partial charge < -0.3 is 0 Å². The van der Waals surface area contributed by atoms with Crippen LogP contribution in [-0.2, 0) is 12.8 Å². The van der Waals surface area contributed by atoms with Gasteiger partial charge in [0.2, 0.25) is 0 Å². The molecule has 0 aliphatic heterocycles. The maximum atomic E-state index is 2.21. The Labute approximate surface area is 253 Å². The van der Waals surface area contributed by atoms with Crippen molar-refractivity contribution in [3.05, 3.63) is 131 Å². The fourth-order valence-corrected chi connectivity index (χ4v) is 3.02. The van der Waals surface area contributed by atoms with Crippen LogP contribution >= 0.6 is 0 Å².